The predicted octanol–water partition coefficient (Wildman–Crippen LogP) is 18.0. The summed E-state index contributed by atoms with van der Waals surface area (Å²) in [6.45, 7) is 0. The highest BCUT2D eigenvalue weighted by Crippen LogP contribution is 2.47. The molecule has 1 heteroatoms. The van der Waals surface area contributed by atoms with Crippen molar-refractivity contribution < 1.29 is 0 Å². The van der Waals surface area contributed by atoms with Crippen molar-refractivity contribution in [2.24, 2.45) is 0 Å². The maximum Gasteiger partial charge on any atom is 0.0540 e. The van der Waals surface area contributed by atoms with Crippen LogP contribution in [0.3, 0.4) is 0 Å². The van der Waals surface area contributed by atoms with E-state index < -0.39 is 0 Å². The van der Waals surface area contributed by atoms with Crippen LogP contribution in [0, 0.1) is 0 Å². The van der Waals surface area contributed by atoms with Crippen LogP contribution in [0.1, 0.15) is 0 Å². The van der Waals surface area contributed by atoms with Gasteiger partial charge in [-0.2, -0.15) is 0 Å². The van der Waals surface area contributed by atoms with Gasteiger partial charge in [-0.25, -0.2) is 0 Å². The molecule has 0 heterocycles. The second-order valence-corrected chi connectivity index (χ2v) is 16.5. The summed E-state index contributed by atoms with van der Waals surface area (Å²) in [7, 11) is 0. The van der Waals surface area contributed by atoms with Gasteiger partial charge in [-0.05, 0) is 138 Å². The van der Waals surface area contributed by atoms with E-state index in [1.807, 2.05) is 0 Å². The lowest BCUT2D eigenvalue weighted by Crippen LogP contribution is -2.11. The highest BCUT2D eigenvalue weighted by Gasteiger charge is 2.21. The minimum atomic E-state index is 1.08. The maximum atomic E-state index is 2.41. The zero-order valence-corrected chi connectivity index (χ0v) is 35.9. The molecule has 11 aromatic rings. The minimum absolute atomic E-state index is 1.08. The first-order valence-electron chi connectivity index (χ1n) is 22.3. The van der Waals surface area contributed by atoms with Gasteiger partial charge in [-0.15, -0.1) is 0 Å². The Morgan fingerprint density at radius 3 is 1.08 bits per heavy atom. The summed E-state index contributed by atoms with van der Waals surface area (Å²) in [5, 5.41) is 2.48. The average molecular weight is 828 g/mol. The maximum absolute atomic E-state index is 2.41. The Hall–Kier alpha value is -8.52. The Bertz CT molecular complexity index is 3300. The molecule has 0 atom stereocenters. The first-order chi connectivity index (χ1) is 32.2. The van der Waals surface area contributed by atoms with Crippen LogP contribution in [0.15, 0.2) is 273 Å². The standard InChI is InChI=1S/C64H45N/c1-6-18-46(19-7-1)48-32-37-58(38-33-48)65(59-39-34-49(35-40-59)55-31-30-47-20-16-17-29-54(47)42-55)63-41-36-56(43-60(63)50-21-8-2-9-22-50)57-44-61(51-23-10-3-11-24-51)64(53-27-14-5-15-28-53)62(45-57)52-25-12-4-13-26-52/h1-45H. The molecule has 1 nitrogen and oxygen atoms in total. The summed E-state index contributed by atoms with van der Waals surface area (Å²) >= 11 is 0. The Kier molecular flexibility index (Phi) is 10.7. The summed E-state index contributed by atoms with van der Waals surface area (Å²) in [5.41, 5.74) is 19.8. The second-order valence-electron chi connectivity index (χ2n) is 16.5. The van der Waals surface area contributed by atoms with Crippen LogP contribution in [0.4, 0.5) is 17.1 Å². The molecule has 65 heavy (non-hydrogen) atoms. The topological polar surface area (TPSA) is 3.24 Å². The SMILES string of the molecule is c1ccc(-c2ccc(N(c3ccc(-c4ccc5ccccc5c4)cc3)c3ccc(-c4cc(-c5ccccc5)c(-c5ccccc5)c(-c5ccccc5)c4)cc3-c3ccccc3)cc2)cc1. The lowest BCUT2D eigenvalue weighted by atomic mass is 9.84. The van der Waals surface area contributed by atoms with Crippen molar-refractivity contribution in [2.75, 3.05) is 4.90 Å². The zero-order valence-electron chi connectivity index (χ0n) is 35.9. The molecule has 0 aromatic heterocycles. The first-order valence-corrected chi connectivity index (χ1v) is 22.3. The van der Waals surface area contributed by atoms with E-state index in [2.05, 4.69) is 278 Å². The molecule has 0 unspecified atom stereocenters. The average Bonchev–Trinajstić information content (AvgIpc) is 3.40. The molecule has 0 aliphatic carbocycles. The molecule has 11 rings (SSSR count). The van der Waals surface area contributed by atoms with Gasteiger partial charge in [-0.1, -0.05) is 218 Å². The molecule has 0 aliphatic heterocycles. The number of hydrogen-bond acceptors (Lipinski definition) is 1. The van der Waals surface area contributed by atoms with Gasteiger partial charge in [-0.3, -0.25) is 0 Å². The fraction of sp³-hybridized carbons (Fsp3) is 0. The lowest BCUT2D eigenvalue weighted by molar-refractivity contribution is 1.28. The molecular weight excluding hydrogens is 783 g/mol. The van der Waals surface area contributed by atoms with Crippen LogP contribution in [-0.4, -0.2) is 0 Å². The summed E-state index contributed by atoms with van der Waals surface area (Å²) in [5.74, 6) is 0. The fourth-order valence-electron chi connectivity index (χ4n) is 9.21. The number of rotatable bonds is 10. The molecule has 0 fully saturated rings. The molecule has 0 spiro atoms. The van der Waals surface area contributed by atoms with Crippen molar-refractivity contribution in [1.29, 1.82) is 0 Å². The molecular formula is C64H45N. The molecule has 0 radical (unpaired) electrons. The molecule has 0 N–H and O–H groups in total. The van der Waals surface area contributed by atoms with E-state index in [-0.39, 0.29) is 0 Å². The van der Waals surface area contributed by atoms with Gasteiger partial charge >= 0.3 is 0 Å². The summed E-state index contributed by atoms with van der Waals surface area (Å²) < 4.78 is 0. The molecule has 0 saturated heterocycles. The zero-order chi connectivity index (χ0) is 43.4. The van der Waals surface area contributed by atoms with Gasteiger partial charge in [0.25, 0.3) is 0 Å². The van der Waals surface area contributed by atoms with Gasteiger partial charge in [0.05, 0.1) is 5.69 Å². The monoisotopic (exact) mass is 827 g/mol. The number of benzene rings is 11. The number of fused-ring (bicyclic) bond motifs is 1. The molecule has 0 aliphatic rings. The largest absolute Gasteiger partial charge is 0.310 e. The van der Waals surface area contributed by atoms with Crippen molar-refractivity contribution in [2.45, 2.75) is 0 Å². The minimum Gasteiger partial charge on any atom is -0.310 e. The Morgan fingerprint density at radius 2 is 0.554 bits per heavy atom. The van der Waals surface area contributed by atoms with E-state index in [0.717, 1.165) is 39.3 Å². The predicted molar refractivity (Wildman–Crippen MR) is 277 cm³/mol. The Morgan fingerprint density at radius 1 is 0.200 bits per heavy atom. The first kappa shape index (κ1) is 39.3. The van der Waals surface area contributed by atoms with E-state index in [9.17, 15) is 0 Å². The van der Waals surface area contributed by atoms with Crippen LogP contribution in [-0.2, 0) is 0 Å². The van der Waals surface area contributed by atoms with Crippen LogP contribution in [0.2, 0.25) is 0 Å². The number of anilines is 3. The highest BCUT2D eigenvalue weighted by molar-refractivity contribution is 5.99. The molecule has 306 valence electrons. The lowest BCUT2D eigenvalue weighted by Gasteiger charge is -2.29. The van der Waals surface area contributed by atoms with Crippen molar-refractivity contribution >= 4 is 27.8 Å². The Labute approximate surface area is 381 Å². The van der Waals surface area contributed by atoms with Crippen LogP contribution in [0.5, 0.6) is 0 Å². The van der Waals surface area contributed by atoms with E-state index in [1.54, 1.807) is 0 Å². The van der Waals surface area contributed by atoms with Crippen molar-refractivity contribution in [3.63, 3.8) is 0 Å². The van der Waals surface area contributed by atoms with Crippen LogP contribution >= 0.6 is 0 Å². The van der Waals surface area contributed by atoms with Crippen molar-refractivity contribution in [3.05, 3.63) is 273 Å². The van der Waals surface area contributed by atoms with Crippen molar-refractivity contribution in [3.8, 4) is 77.9 Å². The normalized spacial score (nSPS) is 11.1. The third-order valence-electron chi connectivity index (χ3n) is 12.5. The van der Waals surface area contributed by atoms with E-state index in [4.69, 9.17) is 0 Å². The van der Waals surface area contributed by atoms with Gasteiger partial charge in [0, 0.05) is 16.9 Å². The van der Waals surface area contributed by atoms with Crippen LogP contribution < -0.4 is 4.90 Å². The highest BCUT2D eigenvalue weighted by atomic mass is 15.1. The summed E-state index contributed by atoms with van der Waals surface area (Å²) in [6.07, 6.45) is 0. The Balaban J connectivity index is 1.10. The van der Waals surface area contributed by atoms with E-state index >= 15 is 0 Å². The number of nitrogens with zero attached hydrogens (tertiary/aromatic N) is 1. The van der Waals surface area contributed by atoms with Crippen molar-refractivity contribution in [1.82, 2.24) is 0 Å². The third kappa shape index (κ3) is 8.04. The van der Waals surface area contributed by atoms with Gasteiger partial charge in [0.15, 0.2) is 0 Å². The van der Waals surface area contributed by atoms with E-state index in [0.29, 0.717) is 0 Å². The quantitative estimate of drug-likeness (QED) is 0.133. The summed E-state index contributed by atoms with van der Waals surface area (Å²) in [6, 6.07) is 99.0. The van der Waals surface area contributed by atoms with Gasteiger partial charge in [0.2, 0.25) is 0 Å². The third-order valence-corrected chi connectivity index (χ3v) is 12.5. The molecule has 0 bridgehead atoms. The second kappa shape index (κ2) is 17.7. The molecule has 0 amide bonds. The molecule has 11 aromatic carbocycles. The van der Waals surface area contributed by atoms with Gasteiger partial charge < -0.3 is 4.90 Å². The number of hydrogen-bond donors (Lipinski definition) is 0. The fourth-order valence-corrected chi connectivity index (χ4v) is 9.21. The van der Waals surface area contributed by atoms with Crippen LogP contribution in [0.25, 0.3) is 88.7 Å². The summed E-state index contributed by atoms with van der Waals surface area (Å²) in [4.78, 5) is 2.41. The smallest absolute Gasteiger partial charge is 0.0540 e. The van der Waals surface area contributed by atoms with Gasteiger partial charge in [0.1, 0.15) is 0 Å². The van der Waals surface area contributed by atoms with E-state index in [1.165, 1.54) is 66.4 Å². The molecule has 0 saturated carbocycles.